The number of Topliss-reactive ketones (excluding diaryl/α,β-unsaturated/α-hetero) is 1. The number of ether oxygens (including phenoxy) is 2. The van der Waals surface area contributed by atoms with E-state index in [1.54, 1.807) is 43.5 Å². The minimum atomic E-state index is -0.596. The number of methoxy groups -OCH3 is 1. The van der Waals surface area contributed by atoms with Crippen LogP contribution in [0.4, 0.5) is 0 Å². The molecule has 2 aromatic rings. The fraction of sp³-hybridized carbons (Fsp3) is 0.250. The zero-order chi connectivity index (χ0) is 19.6. The van der Waals surface area contributed by atoms with Crippen LogP contribution in [-0.2, 0) is 20.9 Å². The smallest absolute Gasteiger partial charge is 0.339 e. The number of benzene rings is 2. The van der Waals surface area contributed by atoms with Gasteiger partial charge in [0.05, 0.1) is 18.4 Å². The molecule has 0 unspecified atom stereocenters. The summed E-state index contributed by atoms with van der Waals surface area (Å²) in [6.45, 7) is 1.44. The van der Waals surface area contributed by atoms with Gasteiger partial charge in [-0.05, 0) is 36.8 Å². The van der Waals surface area contributed by atoms with Gasteiger partial charge in [-0.15, -0.1) is 11.8 Å². The Kier molecular flexibility index (Phi) is 7.88. The van der Waals surface area contributed by atoms with Crippen molar-refractivity contribution in [1.29, 1.82) is 0 Å². The van der Waals surface area contributed by atoms with Gasteiger partial charge in [-0.2, -0.15) is 0 Å². The summed E-state index contributed by atoms with van der Waals surface area (Å²) in [6.07, 6.45) is 0. The molecule has 6 nitrogen and oxygen atoms in total. The molecule has 1 amide bonds. The maximum atomic E-state index is 12.2. The van der Waals surface area contributed by atoms with Gasteiger partial charge in [-0.25, -0.2) is 4.79 Å². The molecule has 0 aliphatic carbocycles. The van der Waals surface area contributed by atoms with Gasteiger partial charge in [-0.1, -0.05) is 24.3 Å². The third-order valence-electron chi connectivity index (χ3n) is 3.52. The van der Waals surface area contributed by atoms with Crippen LogP contribution in [0.15, 0.2) is 53.4 Å². The predicted molar refractivity (Wildman–Crippen MR) is 103 cm³/mol. The van der Waals surface area contributed by atoms with Crippen molar-refractivity contribution in [2.45, 2.75) is 18.4 Å². The maximum absolute atomic E-state index is 12.2. The molecule has 0 radical (unpaired) electrons. The van der Waals surface area contributed by atoms with E-state index in [1.807, 2.05) is 12.1 Å². The molecule has 0 atom stereocenters. The fourth-order valence-electron chi connectivity index (χ4n) is 2.14. The number of thioether (sulfide) groups is 1. The van der Waals surface area contributed by atoms with Crippen molar-refractivity contribution >= 4 is 29.4 Å². The number of nitrogens with one attached hydrogen (secondary N) is 1. The minimum absolute atomic E-state index is 0.0149. The van der Waals surface area contributed by atoms with Crippen molar-refractivity contribution in [1.82, 2.24) is 5.32 Å². The van der Waals surface area contributed by atoms with E-state index in [-0.39, 0.29) is 18.1 Å². The van der Waals surface area contributed by atoms with E-state index in [0.717, 1.165) is 11.3 Å². The van der Waals surface area contributed by atoms with Gasteiger partial charge in [0.1, 0.15) is 11.5 Å². The zero-order valence-electron chi connectivity index (χ0n) is 15.2. The number of carbonyl (C=O) groups excluding carboxylic acids is 3. The first-order valence-electron chi connectivity index (χ1n) is 8.27. The van der Waals surface area contributed by atoms with E-state index in [2.05, 4.69) is 5.32 Å². The van der Waals surface area contributed by atoms with Crippen molar-refractivity contribution < 1.29 is 23.9 Å². The summed E-state index contributed by atoms with van der Waals surface area (Å²) in [5, 5.41) is 2.69. The topological polar surface area (TPSA) is 81.7 Å². The van der Waals surface area contributed by atoms with E-state index < -0.39 is 11.9 Å². The molecule has 0 aliphatic rings. The van der Waals surface area contributed by atoms with Crippen molar-refractivity contribution in [3.8, 4) is 5.75 Å². The predicted octanol–water partition coefficient (Wildman–Crippen LogP) is 2.85. The lowest BCUT2D eigenvalue weighted by atomic mass is 10.2. The van der Waals surface area contributed by atoms with Gasteiger partial charge in [0.2, 0.25) is 0 Å². The Morgan fingerprint density at radius 3 is 2.41 bits per heavy atom. The lowest BCUT2D eigenvalue weighted by Gasteiger charge is -2.09. The zero-order valence-corrected chi connectivity index (χ0v) is 16.0. The van der Waals surface area contributed by atoms with E-state index in [9.17, 15) is 14.4 Å². The molecule has 0 aromatic heterocycles. The number of esters is 1. The summed E-state index contributed by atoms with van der Waals surface area (Å²) in [7, 11) is 1.59. The Balaban J connectivity index is 1.84. The normalized spacial score (nSPS) is 10.1. The Bertz CT molecular complexity index is 804. The summed E-state index contributed by atoms with van der Waals surface area (Å²) in [5.74, 6) is 0.0304. The first kappa shape index (κ1) is 20.5. The number of ketones is 1. The Labute approximate surface area is 162 Å². The highest BCUT2D eigenvalue weighted by Gasteiger charge is 2.15. The number of hydrogen-bond acceptors (Lipinski definition) is 6. The summed E-state index contributed by atoms with van der Waals surface area (Å²) in [6, 6.07) is 14.1. The number of amides is 1. The quantitative estimate of drug-likeness (QED) is 0.526. The molecule has 27 heavy (non-hydrogen) atoms. The highest BCUT2D eigenvalue weighted by molar-refractivity contribution is 8.00. The van der Waals surface area contributed by atoms with Crippen molar-refractivity contribution in [2.24, 2.45) is 0 Å². The van der Waals surface area contributed by atoms with Gasteiger partial charge in [0, 0.05) is 11.4 Å². The van der Waals surface area contributed by atoms with Crippen LogP contribution in [0, 0.1) is 0 Å². The van der Waals surface area contributed by atoms with E-state index in [0.29, 0.717) is 17.0 Å². The average molecular weight is 387 g/mol. The van der Waals surface area contributed by atoms with E-state index in [1.165, 1.54) is 18.7 Å². The van der Waals surface area contributed by atoms with Crippen LogP contribution in [0.1, 0.15) is 22.8 Å². The van der Waals surface area contributed by atoms with E-state index >= 15 is 0 Å². The lowest BCUT2D eigenvalue weighted by molar-refractivity contribution is -0.124. The molecule has 0 spiro atoms. The Hall–Kier alpha value is -2.80. The van der Waals surface area contributed by atoms with Crippen molar-refractivity contribution in [3.05, 3.63) is 59.7 Å². The monoisotopic (exact) mass is 387 g/mol. The van der Waals surface area contributed by atoms with E-state index in [4.69, 9.17) is 9.47 Å². The third kappa shape index (κ3) is 6.79. The second kappa shape index (κ2) is 10.4. The summed E-state index contributed by atoms with van der Waals surface area (Å²) in [5.41, 5.74) is 1.24. The van der Waals surface area contributed by atoms with Crippen molar-refractivity contribution in [2.75, 3.05) is 19.5 Å². The fourth-order valence-corrected chi connectivity index (χ4v) is 2.98. The Morgan fingerprint density at radius 1 is 1.04 bits per heavy atom. The summed E-state index contributed by atoms with van der Waals surface area (Å²) >= 11 is 1.27. The molecule has 142 valence electrons. The summed E-state index contributed by atoms with van der Waals surface area (Å²) < 4.78 is 10.2. The van der Waals surface area contributed by atoms with Crippen LogP contribution in [-0.4, -0.2) is 37.1 Å². The molecule has 0 heterocycles. The average Bonchev–Trinajstić information content (AvgIpc) is 2.69. The molecular weight excluding hydrogens is 366 g/mol. The third-order valence-corrected chi connectivity index (χ3v) is 4.74. The van der Waals surface area contributed by atoms with Crippen molar-refractivity contribution in [3.63, 3.8) is 0 Å². The van der Waals surface area contributed by atoms with Crippen LogP contribution < -0.4 is 10.1 Å². The van der Waals surface area contributed by atoms with Crippen LogP contribution in [0.3, 0.4) is 0 Å². The number of rotatable bonds is 9. The van der Waals surface area contributed by atoms with Crippen LogP contribution in [0.5, 0.6) is 5.75 Å². The number of hydrogen-bond donors (Lipinski definition) is 1. The largest absolute Gasteiger partial charge is 0.497 e. The SMILES string of the molecule is COc1ccc(CNC(=O)COC(=O)c2ccccc2SCC(C)=O)cc1. The van der Waals surface area contributed by atoms with Gasteiger partial charge in [0.15, 0.2) is 6.61 Å². The molecule has 2 rings (SSSR count). The highest BCUT2D eigenvalue weighted by atomic mass is 32.2. The molecule has 0 aliphatic heterocycles. The van der Waals surface area contributed by atoms with Gasteiger partial charge in [0.25, 0.3) is 5.91 Å². The van der Waals surface area contributed by atoms with Crippen LogP contribution in [0.25, 0.3) is 0 Å². The molecule has 7 heteroatoms. The lowest BCUT2D eigenvalue weighted by Crippen LogP contribution is -2.28. The van der Waals surface area contributed by atoms with Gasteiger partial charge in [-0.3, -0.25) is 9.59 Å². The maximum Gasteiger partial charge on any atom is 0.339 e. The highest BCUT2D eigenvalue weighted by Crippen LogP contribution is 2.23. The molecule has 0 saturated heterocycles. The second-order valence-corrected chi connectivity index (χ2v) is 6.70. The van der Waals surface area contributed by atoms with Gasteiger partial charge < -0.3 is 14.8 Å². The van der Waals surface area contributed by atoms with Crippen LogP contribution >= 0.6 is 11.8 Å². The number of carbonyl (C=O) groups is 3. The van der Waals surface area contributed by atoms with Gasteiger partial charge >= 0.3 is 5.97 Å². The standard InChI is InChI=1S/C20H21NO5S/c1-14(22)13-27-18-6-4-3-5-17(18)20(24)26-12-19(23)21-11-15-7-9-16(25-2)10-8-15/h3-10H,11-13H2,1-2H3,(H,21,23). The molecule has 0 bridgehead atoms. The first-order valence-corrected chi connectivity index (χ1v) is 9.26. The second-order valence-electron chi connectivity index (χ2n) is 5.69. The molecular formula is C20H21NO5S. The molecule has 0 saturated carbocycles. The molecule has 1 N–H and O–H groups in total. The molecule has 2 aromatic carbocycles. The molecule has 0 fully saturated rings. The van der Waals surface area contributed by atoms with Crippen LogP contribution in [0.2, 0.25) is 0 Å². The Morgan fingerprint density at radius 2 is 1.74 bits per heavy atom. The summed E-state index contributed by atoms with van der Waals surface area (Å²) in [4.78, 5) is 35.9. The minimum Gasteiger partial charge on any atom is -0.497 e. The first-order chi connectivity index (χ1) is 13.0.